The fourth-order valence-electron chi connectivity index (χ4n) is 0.499. The quantitative estimate of drug-likeness (QED) is 0.254. The number of hydrogen-bond donors (Lipinski definition) is 0. The second-order valence-corrected chi connectivity index (χ2v) is 2.08. The van der Waals surface area contributed by atoms with Gasteiger partial charge in [-0.25, -0.2) is 0 Å². The molecule has 0 saturated heterocycles. The molecule has 0 spiro atoms. The van der Waals surface area contributed by atoms with Gasteiger partial charge in [-0.1, -0.05) is 6.42 Å². The Labute approximate surface area is 71.9 Å². The molecule has 9 heavy (non-hydrogen) atoms. The van der Waals surface area contributed by atoms with E-state index < -0.39 is 0 Å². The molecule has 0 heterocycles. The minimum Gasteiger partial charge on any atom is -0.303 e. The average molecular weight is 165 g/mol. The van der Waals surface area contributed by atoms with Crippen molar-refractivity contribution >= 4 is 35.2 Å². The van der Waals surface area contributed by atoms with Crippen LogP contribution >= 0.6 is 11.6 Å². The molecule has 0 aromatic rings. The van der Waals surface area contributed by atoms with Gasteiger partial charge in [-0.2, -0.15) is 0 Å². The Morgan fingerprint density at radius 2 is 1.89 bits per heavy atom. The Bertz CT molecular complexity index is 59.0. The van der Waals surface area contributed by atoms with Crippen molar-refractivity contribution in [2.24, 2.45) is 0 Å². The Morgan fingerprint density at radius 1 is 1.22 bits per heavy atom. The lowest BCUT2D eigenvalue weighted by molar-refractivity contribution is -0.107. The molecule has 0 N–H and O–H groups in total. The number of aldehydes is 1. The molecule has 1 nitrogen and oxygen atoms in total. The molecule has 0 saturated carbocycles. The van der Waals surface area contributed by atoms with Gasteiger partial charge in [0.05, 0.1) is 0 Å². The van der Waals surface area contributed by atoms with Crippen molar-refractivity contribution in [2.75, 3.05) is 5.88 Å². The zero-order valence-electron chi connectivity index (χ0n) is 4.90. The van der Waals surface area contributed by atoms with E-state index in [9.17, 15) is 4.79 Å². The van der Waals surface area contributed by atoms with Crippen LogP contribution in [0.3, 0.4) is 0 Å². The van der Waals surface area contributed by atoms with Crippen molar-refractivity contribution in [1.82, 2.24) is 0 Å². The summed E-state index contributed by atoms with van der Waals surface area (Å²) in [5, 5.41) is 0. The maximum atomic E-state index is 9.74. The van der Waals surface area contributed by atoms with E-state index in [2.05, 4.69) is 0 Å². The summed E-state index contributed by atoms with van der Waals surface area (Å²) in [5.74, 6) is 0.721. The molecular formula is C6H14AlClO. The van der Waals surface area contributed by atoms with Crippen LogP contribution in [0.15, 0.2) is 0 Å². The lowest BCUT2D eigenvalue weighted by Gasteiger charge is -1.89. The van der Waals surface area contributed by atoms with E-state index in [0.717, 1.165) is 31.4 Å². The topological polar surface area (TPSA) is 17.1 Å². The van der Waals surface area contributed by atoms with Gasteiger partial charge in [0.15, 0.2) is 17.4 Å². The molecule has 0 unspecified atom stereocenters. The minimum absolute atomic E-state index is 0. The minimum atomic E-state index is 0. The lowest BCUT2D eigenvalue weighted by Crippen LogP contribution is -1.78. The van der Waals surface area contributed by atoms with Gasteiger partial charge >= 0.3 is 0 Å². The van der Waals surface area contributed by atoms with E-state index in [1.54, 1.807) is 0 Å². The van der Waals surface area contributed by atoms with Crippen LogP contribution < -0.4 is 0 Å². The highest BCUT2D eigenvalue weighted by Crippen LogP contribution is 1.98. The molecule has 0 bridgehead atoms. The van der Waals surface area contributed by atoms with Crippen LogP contribution in [-0.2, 0) is 4.79 Å². The summed E-state index contributed by atoms with van der Waals surface area (Å²) in [5.41, 5.74) is 0. The SMILES string of the molecule is O=CCCCCCCl.[AlH3]. The van der Waals surface area contributed by atoms with E-state index in [1.807, 2.05) is 0 Å². The van der Waals surface area contributed by atoms with Gasteiger partial charge in [-0.15, -0.1) is 11.6 Å². The second-order valence-electron chi connectivity index (χ2n) is 1.70. The molecule has 0 radical (unpaired) electrons. The number of carbonyl (C=O) groups excluding carboxylic acids is 1. The Morgan fingerprint density at radius 3 is 2.33 bits per heavy atom. The third kappa shape index (κ3) is 11.9. The number of alkyl halides is 1. The van der Waals surface area contributed by atoms with Crippen LogP contribution in [0.1, 0.15) is 25.7 Å². The number of rotatable bonds is 5. The molecule has 54 valence electrons. The monoisotopic (exact) mass is 164 g/mol. The summed E-state index contributed by atoms with van der Waals surface area (Å²) >= 11 is 5.39. The molecular weight excluding hydrogens is 150 g/mol. The van der Waals surface area contributed by atoms with Crippen molar-refractivity contribution in [2.45, 2.75) is 25.7 Å². The summed E-state index contributed by atoms with van der Waals surface area (Å²) < 4.78 is 0. The van der Waals surface area contributed by atoms with Gasteiger partial charge in [0, 0.05) is 12.3 Å². The van der Waals surface area contributed by atoms with Gasteiger partial charge in [-0.3, -0.25) is 0 Å². The molecule has 3 heteroatoms. The number of carbonyl (C=O) groups is 1. The molecule has 0 rings (SSSR count). The lowest BCUT2D eigenvalue weighted by atomic mass is 10.2. The fraction of sp³-hybridized carbons (Fsp3) is 0.833. The van der Waals surface area contributed by atoms with Gasteiger partial charge in [0.2, 0.25) is 0 Å². The van der Waals surface area contributed by atoms with Gasteiger partial charge in [0.1, 0.15) is 6.29 Å². The highest BCUT2D eigenvalue weighted by molar-refractivity contribution is 6.17. The maximum Gasteiger partial charge on any atom is 0.187 e. The maximum absolute atomic E-state index is 9.74. The van der Waals surface area contributed by atoms with E-state index in [1.165, 1.54) is 0 Å². The zero-order valence-corrected chi connectivity index (χ0v) is 5.66. The van der Waals surface area contributed by atoms with Crippen molar-refractivity contribution in [3.8, 4) is 0 Å². The average Bonchev–Trinajstić information content (AvgIpc) is 1.81. The van der Waals surface area contributed by atoms with Crippen molar-refractivity contribution in [3.05, 3.63) is 0 Å². The highest BCUT2D eigenvalue weighted by Gasteiger charge is 1.84. The summed E-state index contributed by atoms with van der Waals surface area (Å²) in [6.07, 6.45) is 4.76. The molecule has 0 fully saturated rings. The number of unbranched alkanes of at least 4 members (excludes halogenated alkanes) is 3. The van der Waals surface area contributed by atoms with Crippen molar-refractivity contribution in [3.63, 3.8) is 0 Å². The number of halogens is 1. The van der Waals surface area contributed by atoms with Gasteiger partial charge in [-0.05, 0) is 12.8 Å². The fourth-order valence-corrected chi connectivity index (χ4v) is 0.688. The molecule has 0 amide bonds. The largest absolute Gasteiger partial charge is 0.303 e. The van der Waals surface area contributed by atoms with Gasteiger partial charge in [0.25, 0.3) is 0 Å². The first-order chi connectivity index (χ1) is 3.91. The van der Waals surface area contributed by atoms with E-state index in [0.29, 0.717) is 6.42 Å². The summed E-state index contributed by atoms with van der Waals surface area (Å²) in [4.78, 5) is 9.74. The molecule has 0 aliphatic carbocycles. The first kappa shape index (κ1) is 12.2. The smallest absolute Gasteiger partial charge is 0.187 e. The van der Waals surface area contributed by atoms with Crippen LogP contribution in [0.2, 0.25) is 0 Å². The third-order valence-corrected chi connectivity index (χ3v) is 1.22. The highest BCUT2D eigenvalue weighted by atomic mass is 35.5. The molecule has 0 aliphatic rings. The predicted octanol–water partition coefficient (Wildman–Crippen LogP) is 0.801. The summed E-state index contributed by atoms with van der Waals surface area (Å²) in [6, 6.07) is 0. The van der Waals surface area contributed by atoms with Crippen molar-refractivity contribution < 1.29 is 4.79 Å². The Balaban J connectivity index is 0. The third-order valence-electron chi connectivity index (χ3n) is 0.956. The first-order valence-electron chi connectivity index (χ1n) is 2.91. The molecule has 0 atom stereocenters. The Hall–Kier alpha value is 0.492. The number of hydrogen-bond acceptors (Lipinski definition) is 1. The van der Waals surface area contributed by atoms with E-state index in [-0.39, 0.29) is 17.4 Å². The van der Waals surface area contributed by atoms with Crippen LogP contribution in [0.25, 0.3) is 0 Å². The molecule has 0 aliphatic heterocycles. The normalized spacial score (nSPS) is 8.11. The standard InChI is InChI=1S/C6H11ClO.Al.3H/c7-5-3-1-2-4-6-8;;;;/h6H,1-5H2;;;;. The van der Waals surface area contributed by atoms with Crippen LogP contribution in [0.4, 0.5) is 0 Å². The van der Waals surface area contributed by atoms with Crippen LogP contribution in [-0.4, -0.2) is 29.5 Å². The van der Waals surface area contributed by atoms with E-state index in [4.69, 9.17) is 11.6 Å². The predicted molar refractivity (Wildman–Crippen MR) is 45.2 cm³/mol. The zero-order chi connectivity index (χ0) is 6.24. The second kappa shape index (κ2) is 11.3. The molecule has 0 aromatic heterocycles. The van der Waals surface area contributed by atoms with E-state index >= 15 is 0 Å². The summed E-state index contributed by atoms with van der Waals surface area (Å²) in [6.45, 7) is 0. The Kier molecular flexibility index (Phi) is 15.3. The van der Waals surface area contributed by atoms with Crippen LogP contribution in [0, 0.1) is 0 Å². The summed E-state index contributed by atoms with van der Waals surface area (Å²) in [7, 11) is 0. The van der Waals surface area contributed by atoms with Gasteiger partial charge < -0.3 is 4.79 Å². The molecule has 0 aromatic carbocycles. The van der Waals surface area contributed by atoms with Crippen molar-refractivity contribution in [1.29, 1.82) is 0 Å². The first-order valence-corrected chi connectivity index (χ1v) is 3.45. The van der Waals surface area contributed by atoms with Crippen LogP contribution in [0.5, 0.6) is 0 Å².